The summed E-state index contributed by atoms with van der Waals surface area (Å²) in [4.78, 5) is 21.9. The summed E-state index contributed by atoms with van der Waals surface area (Å²) in [6.45, 7) is 3.77. The topological polar surface area (TPSA) is 107 Å². The number of esters is 2. The van der Waals surface area contributed by atoms with Crippen LogP contribution >= 0.6 is 0 Å². The van der Waals surface area contributed by atoms with Crippen molar-refractivity contribution in [2.45, 2.75) is 26.0 Å². The first-order valence-electron chi connectivity index (χ1n) is 5.10. The number of carbonyl (C=O) groups is 2. The average molecular weight is 304 g/mol. The highest BCUT2D eigenvalue weighted by Gasteiger charge is 2.54. The molecule has 0 radical (unpaired) electrons. The van der Waals surface area contributed by atoms with Crippen molar-refractivity contribution in [3.05, 3.63) is 0 Å². The molecule has 0 aliphatic heterocycles. The number of rotatable bonds is 6. The normalized spacial score (nSPS) is 14.1. The standard InChI is InChI=1S/C9H14F2O7S/c1-5(2)6(3)7(12)17-4-18-8(13)9(10,11)19(14,15)16/h5-6H,4H2,1-3H3,(H,14,15,16). The molecule has 0 aromatic rings. The van der Waals surface area contributed by atoms with E-state index in [1.165, 1.54) is 6.92 Å². The van der Waals surface area contributed by atoms with E-state index in [1.807, 2.05) is 0 Å². The molecule has 0 rings (SSSR count). The van der Waals surface area contributed by atoms with E-state index in [-0.39, 0.29) is 5.92 Å². The Balaban J connectivity index is 4.39. The first kappa shape index (κ1) is 17.7. The maximum absolute atomic E-state index is 12.7. The molecule has 0 amide bonds. The number of carbonyl (C=O) groups excluding carboxylic acids is 2. The van der Waals surface area contributed by atoms with Crippen LogP contribution in [0.4, 0.5) is 8.78 Å². The van der Waals surface area contributed by atoms with Crippen LogP contribution < -0.4 is 0 Å². The van der Waals surface area contributed by atoms with Crippen LogP contribution in [0.15, 0.2) is 0 Å². The summed E-state index contributed by atoms with van der Waals surface area (Å²) in [7, 11) is -5.93. The highest BCUT2D eigenvalue weighted by atomic mass is 32.2. The van der Waals surface area contributed by atoms with Gasteiger partial charge < -0.3 is 9.47 Å². The van der Waals surface area contributed by atoms with Gasteiger partial charge in [-0.1, -0.05) is 20.8 Å². The lowest BCUT2D eigenvalue weighted by atomic mass is 9.99. The van der Waals surface area contributed by atoms with Crippen molar-refractivity contribution in [1.29, 1.82) is 0 Å². The lowest BCUT2D eigenvalue weighted by Crippen LogP contribution is -2.39. The van der Waals surface area contributed by atoms with Gasteiger partial charge in [0.2, 0.25) is 6.79 Å². The van der Waals surface area contributed by atoms with E-state index < -0.39 is 40.0 Å². The molecule has 0 aliphatic carbocycles. The second kappa shape index (κ2) is 6.24. The van der Waals surface area contributed by atoms with E-state index in [4.69, 9.17) is 4.55 Å². The molecule has 10 heteroatoms. The van der Waals surface area contributed by atoms with E-state index in [0.717, 1.165) is 0 Å². The molecular weight excluding hydrogens is 290 g/mol. The minimum atomic E-state index is -5.93. The molecule has 0 saturated carbocycles. The lowest BCUT2D eigenvalue weighted by molar-refractivity contribution is -0.181. The maximum atomic E-state index is 12.7. The second-order valence-corrected chi connectivity index (χ2v) is 5.50. The summed E-state index contributed by atoms with van der Waals surface area (Å²) in [6, 6.07) is 0. The highest BCUT2D eigenvalue weighted by molar-refractivity contribution is 7.87. The Morgan fingerprint density at radius 1 is 1.21 bits per heavy atom. The van der Waals surface area contributed by atoms with Gasteiger partial charge in [-0.15, -0.1) is 0 Å². The molecule has 1 unspecified atom stereocenters. The Bertz CT molecular complexity index is 443. The summed E-state index contributed by atoms with van der Waals surface area (Å²) in [6.07, 6.45) is 0. The molecule has 0 bridgehead atoms. The molecule has 1 atom stereocenters. The van der Waals surface area contributed by atoms with Gasteiger partial charge in [0.25, 0.3) is 0 Å². The molecule has 0 saturated heterocycles. The van der Waals surface area contributed by atoms with Crippen LogP contribution in [0.2, 0.25) is 0 Å². The van der Waals surface area contributed by atoms with Gasteiger partial charge in [-0.05, 0) is 5.92 Å². The Morgan fingerprint density at radius 2 is 1.68 bits per heavy atom. The van der Waals surface area contributed by atoms with E-state index in [1.54, 1.807) is 13.8 Å². The first-order chi connectivity index (χ1) is 8.41. The van der Waals surface area contributed by atoms with Gasteiger partial charge in [0.05, 0.1) is 5.92 Å². The summed E-state index contributed by atoms with van der Waals surface area (Å²) >= 11 is 0. The van der Waals surface area contributed by atoms with Crippen LogP contribution in [0.3, 0.4) is 0 Å². The van der Waals surface area contributed by atoms with Crippen molar-refractivity contribution in [1.82, 2.24) is 0 Å². The van der Waals surface area contributed by atoms with Crippen molar-refractivity contribution >= 4 is 22.1 Å². The third kappa shape index (κ3) is 4.71. The molecule has 0 spiro atoms. The van der Waals surface area contributed by atoms with Crippen LogP contribution in [-0.2, 0) is 29.2 Å². The monoisotopic (exact) mass is 304 g/mol. The zero-order chi connectivity index (χ0) is 15.4. The van der Waals surface area contributed by atoms with Gasteiger partial charge in [0.15, 0.2) is 0 Å². The van der Waals surface area contributed by atoms with Gasteiger partial charge in [0, 0.05) is 0 Å². The summed E-state index contributed by atoms with van der Waals surface area (Å²) in [5.41, 5.74) is 0. The lowest BCUT2D eigenvalue weighted by Gasteiger charge is -2.15. The summed E-state index contributed by atoms with van der Waals surface area (Å²) in [5, 5.41) is -5.11. The predicted octanol–water partition coefficient (Wildman–Crippen LogP) is 0.803. The third-order valence-corrected chi connectivity index (χ3v) is 3.14. The fourth-order valence-corrected chi connectivity index (χ4v) is 1.00. The third-order valence-electron chi connectivity index (χ3n) is 2.32. The zero-order valence-corrected chi connectivity index (χ0v) is 11.2. The summed E-state index contributed by atoms with van der Waals surface area (Å²) in [5.74, 6) is -3.96. The number of ether oxygens (including phenoxy) is 2. The molecule has 0 heterocycles. The van der Waals surface area contributed by atoms with Crippen molar-refractivity contribution in [3.8, 4) is 0 Å². The van der Waals surface area contributed by atoms with Crippen LogP contribution in [0.1, 0.15) is 20.8 Å². The Morgan fingerprint density at radius 3 is 2.05 bits per heavy atom. The van der Waals surface area contributed by atoms with Crippen LogP contribution in [-0.4, -0.2) is 37.0 Å². The molecule has 0 aromatic heterocycles. The zero-order valence-electron chi connectivity index (χ0n) is 10.4. The first-order valence-corrected chi connectivity index (χ1v) is 6.54. The van der Waals surface area contributed by atoms with Crippen LogP contribution in [0, 0.1) is 11.8 Å². The minimum absolute atomic E-state index is 0.0811. The molecule has 0 aliphatic rings. The van der Waals surface area contributed by atoms with Gasteiger partial charge in [-0.25, -0.2) is 4.79 Å². The van der Waals surface area contributed by atoms with E-state index in [0.29, 0.717) is 0 Å². The molecule has 0 aromatic carbocycles. The molecule has 19 heavy (non-hydrogen) atoms. The highest BCUT2D eigenvalue weighted by Crippen LogP contribution is 2.22. The molecule has 1 N–H and O–H groups in total. The van der Waals surface area contributed by atoms with Gasteiger partial charge in [0.1, 0.15) is 0 Å². The van der Waals surface area contributed by atoms with E-state index in [9.17, 15) is 26.8 Å². The van der Waals surface area contributed by atoms with Crippen molar-refractivity contribution < 1.29 is 40.8 Å². The predicted molar refractivity (Wildman–Crippen MR) is 57.5 cm³/mol. The van der Waals surface area contributed by atoms with Gasteiger partial charge >= 0.3 is 27.3 Å². The fourth-order valence-electron chi connectivity index (χ4n) is 0.734. The molecule has 112 valence electrons. The average Bonchev–Trinajstić information content (AvgIpc) is 2.25. The van der Waals surface area contributed by atoms with E-state index >= 15 is 0 Å². The number of hydrogen-bond acceptors (Lipinski definition) is 6. The van der Waals surface area contributed by atoms with Crippen molar-refractivity contribution in [3.63, 3.8) is 0 Å². The van der Waals surface area contributed by atoms with Gasteiger partial charge in [-0.2, -0.15) is 17.2 Å². The number of hydrogen-bond donors (Lipinski definition) is 1. The maximum Gasteiger partial charge on any atom is 0.465 e. The Hall–Kier alpha value is -1.29. The van der Waals surface area contributed by atoms with E-state index in [2.05, 4.69) is 9.47 Å². The quantitative estimate of drug-likeness (QED) is 0.439. The summed E-state index contributed by atoms with van der Waals surface area (Å²) < 4.78 is 62.0. The van der Waals surface area contributed by atoms with Crippen LogP contribution in [0.25, 0.3) is 0 Å². The molecule has 0 fully saturated rings. The smallest absolute Gasteiger partial charge is 0.428 e. The van der Waals surface area contributed by atoms with Gasteiger partial charge in [-0.3, -0.25) is 9.35 Å². The molecule has 7 nitrogen and oxygen atoms in total. The number of alkyl halides is 2. The largest absolute Gasteiger partial charge is 0.465 e. The Kier molecular flexibility index (Phi) is 5.82. The SMILES string of the molecule is CC(C)C(C)C(=O)OCOC(=O)C(F)(F)S(=O)(=O)O. The fraction of sp³-hybridized carbons (Fsp3) is 0.778. The Labute approximate surface area is 108 Å². The number of halogens is 2. The minimum Gasteiger partial charge on any atom is -0.428 e. The second-order valence-electron chi connectivity index (χ2n) is 4.04. The van der Waals surface area contributed by atoms with Crippen molar-refractivity contribution in [2.75, 3.05) is 6.79 Å². The van der Waals surface area contributed by atoms with Crippen LogP contribution in [0.5, 0.6) is 0 Å². The molecular formula is C9H14F2O7S. The van der Waals surface area contributed by atoms with Crippen molar-refractivity contribution in [2.24, 2.45) is 11.8 Å².